The molecule has 0 aliphatic rings. The number of ketones is 1. The summed E-state index contributed by atoms with van der Waals surface area (Å²) in [5, 5.41) is 17.5. The highest BCUT2D eigenvalue weighted by atomic mass is 19.4. The van der Waals surface area contributed by atoms with Crippen molar-refractivity contribution in [2.75, 3.05) is 0 Å². The minimum atomic E-state index is -4.95. The molecule has 0 amide bonds. The molecule has 5 nitrogen and oxygen atoms in total. The van der Waals surface area contributed by atoms with Gasteiger partial charge in [0, 0.05) is 6.54 Å². The maximum atomic E-state index is 12.1. The maximum Gasteiger partial charge on any atom is 0.450 e. The second kappa shape index (κ2) is 4.88. The fourth-order valence-electron chi connectivity index (χ4n) is 1.41. The van der Waals surface area contributed by atoms with Crippen LogP contribution in [0.2, 0.25) is 0 Å². The van der Waals surface area contributed by atoms with Gasteiger partial charge in [-0.25, -0.2) is 4.98 Å². The lowest BCUT2D eigenvalue weighted by Crippen LogP contribution is -2.26. The van der Waals surface area contributed by atoms with Gasteiger partial charge in [0.25, 0.3) is 0 Å². The van der Waals surface area contributed by atoms with Crippen LogP contribution in [0.3, 0.4) is 0 Å². The van der Waals surface area contributed by atoms with Gasteiger partial charge in [-0.15, -0.1) is 0 Å². The molecule has 8 heteroatoms. The molecule has 1 rings (SSSR count). The number of carbonyl (C=O) groups is 1. The molecule has 0 saturated carbocycles. The van der Waals surface area contributed by atoms with Crippen LogP contribution >= 0.6 is 0 Å². The van der Waals surface area contributed by atoms with Gasteiger partial charge in [-0.3, -0.25) is 4.79 Å². The highest BCUT2D eigenvalue weighted by molar-refractivity contribution is 5.85. The monoisotopic (exact) mass is 256 g/mol. The van der Waals surface area contributed by atoms with Crippen LogP contribution in [0.1, 0.15) is 24.1 Å². The van der Waals surface area contributed by atoms with Crippen LogP contribution in [0.5, 0.6) is 0 Å². The summed E-state index contributed by atoms with van der Waals surface area (Å²) < 4.78 is 37.5. The predicted octanol–water partition coefficient (Wildman–Crippen LogP) is 1.32. The molecule has 0 aliphatic heterocycles. The largest absolute Gasteiger partial charge is 0.450 e. The Morgan fingerprint density at radius 2 is 2.00 bits per heavy atom. The van der Waals surface area contributed by atoms with Crippen molar-refractivity contribution in [2.24, 2.45) is 0 Å². The Morgan fingerprint density at radius 1 is 1.39 bits per heavy atom. The van der Waals surface area contributed by atoms with Crippen LogP contribution in [-0.4, -0.2) is 21.5 Å². The van der Waals surface area contributed by atoms with Crippen molar-refractivity contribution in [1.82, 2.24) is 9.55 Å². The minimum Gasteiger partial charge on any atom is -0.319 e. The van der Waals surface area contributed by atoms with Crippen molar-refractivity contribution in [3.63, 3.8) is 0 Å². The van der Waals surface area contributed by atoms with Crippen molar-refractivity contribution in [3.05, 3.63) is 17.2 Å². The summed E-state index contributed by atoms with van der Waals surface area (Å²) in [7, 11) is 0. The highest BCUT2D eigenvalue weighted by Gasteiger charge is 2.39. The summed E-state index contributed by atoms with van der Waals surface area (Å²) in [6, 6.07) is 3.29. The number of hydrogen-bond acceptors (Lipinski definition) is 4. The molecule has 18 heavy (non-hydrogen) atoms. The Balaban J connectivity index is 3.20. The predicted molar refractivity (Wildman–Crippen MR) is 52.1 cm³/mol. The van der Waals surface area contributed by atoms with Crippen LogP contribution in [0, 0.1) is 22.7 Å². The Kier molecular flexibility index (Phi) is 3.72. The molecule has 0 saturated heterocycles. The summed E-state index contributed by atoms with van der Waals surface area (Å²) in [5.41, 5.74) is -0.408. The number of hydrogen-bond donors (Lipinski definition) is 0. The zero-order valence-electron chi connectivity index (χ0n) is 9.25. The second-order valence-electron chi connectivity index (χ2n) is 3.29. The molecule has 0 aromatic carbocycles. The molecule has 0 aliphatic carbocycles. The molecule has 0 fully saturated rings. The Bertz CT molecular complexity index is 559. The zero-order valence-corrected chi connectivity index (χ0v) is 9.25. The average molecular weight is 256 g/mol. The van der Waals surface area contributed by atoms with Gasteiger partial charge in [0.2, 0.25) is 5.78 Å². The van der Waals surface area contributed by atoms with Crippen molar-refractivity contribution in [3.8, 4) is 12.1 Å². The van der Waals surface area contributed by atoms with Crippen molar-refractivity contribution in [1.29, 1.82) is 10.5 Å². The van der Waals surface area contributed by atoms with Crippen LogP contribution in [0.4, 0.5) is 13.2 Å². The molecule has 0 spiro atoms. The van der Waals surface area contributed by atoms with Crippen molar-refractivity contribution >= 4 is 5.78 Å². The molecule has 1 aromatic heterocycles. The summed E-state index contributed by atoms with van der Waals surface area (Å²) >= 11 is 0. The van der Waals surface area contributed by atoms with Crippen LogP contribution < -0.4 is 0 Å². The van der Waals surface area contributed by atoms with Gasteiger partial charge in [-0.05, 0) is 6.92 Å². The smallest absolute Gasteiger partial charge is 0.319 e. The average Bonchev–Trinajstić information content (AvgIpc) is 2.64. The minimum absolute atomic E-state index is 0.134. The van der Waals surface area contributed by atoms with E-state index < -0.39 is 18.4 Å². The number of nitriles is 2. The molecule has 0 bridgehead atoms. The number of aromatic nitrogens is 2. The Morgan fingerprint density at radius 3 is 2.39 bits per heavy atom. The fraction of sp³-hybridized carbons (Fsp3) is 0.400. The molecule has 0 N–H and O–H groups in total. The first-order valence-electron chi connectivity index (χ1n) is 4.84. The standard InChI is InChI=1S/C10H7F3N4O/c1-2-17-7(5-15)6(4-14)16-9(17)3-8(18)10(11,12)13/h2-3H2,1H3. The van der Waals surface area contributed by atoms with E-state index in [9.17, 15) is 18.0 Å². The van der Waals surface area contributed by atoms with Gasteiger partial charge in [0.1, 0.15) is 18.0 Å². The molecule has 94 valence electrons. The fourth-order valence-corrected chi connectivity index (χ4v) is 1.41. The van der Waals surface area contributed by atoms with Gasteiger partial charge in [0.15, 0.2) is 11.4 Å². The van der Waals surface area contributed by atoms with Gasteiger partial charge < -0.3 is 4.57 Å². The van der Waals surface area contributed by atoms with E-state index in [2.05, 4.69) is 4.98 Å². The van der Waals surface area contributed by atoms with Gasteiger partial charge in [-0.1, -0.05) is 0 Å². The summed E-state index contributed by atoms with van der Waals surface area (Å²) in [4.78, 5) is 14.4. The quantitative estimate of drug-likeness (QED) is 0.816. The van der Waals surface area contributed by atoms with Crippen molar-refractivity contribution < 1.29 is 18.0 Å². The van der Waals surface area contributed by atoms with Crippen molar-refractivity contribution in [2.45, 2.75) is 26.1 Å². The molecule has 0 atom stereocenters. The number of imidazole rings is 1. The van der Waals surface area contributed by atoms with Gasteiger partial charge in [0.05, 0.1) is 6.42 Å². The Hall–Kier alpha value is -2.35. The number of alkyl halides is 3. The van der Waals surface area contributed by atoms with E-state index in [1.165, 1.54) is 0 Å². The number of nitrogens with zero attached hydrogens (tertiary/aromatic N) is 4. The molecule has 0 radical (unpaired) electrons. The number of halogens is 3. The van der Waals surface area contributed by atoms with E-state index in [0.717, 1.165) is 4.57 Å². The first-order valence-corrected chi connectivity index (χ1v) is 4.84. The van der Waals surface area contributed by atoms with Gasteiger partial charge >= 0.3 is 6.18 Å². The Labute approximate surface area is 100 Å². The first-order chi connectivity index (χ1) is 8.35. The molecule has 1 heterocycles. The number of rotatable bonds is 3. The molecular formula is C10H7F3N4O. The number of Topliss-reactive ketones (excluding diaryl/α,β-unsaturated/α-hetero) is 1. The van der Waals surface area contributed by atoms with Crippen LogP contribution in [-0.2, 0) is 17.8 Å². The van der Waals surface area contributed by atoms with Crippen LogP contribution in [0.15, 0.2) is 0 Å². The second-order valence-corrected chi connectivity index (χ2v) is 3.29. The maximum absolute atomic E-state index is 12.1. The van der Waals surface area contributed by atoms with E-state index in [4.69, 9.17) is 10.5 Å². The summed E-state index contributed by atoms with van der Waals surface area (Å²) in [6.07, 6.45) is -5.93. The lowest BCUT2D eigenvalue weighted by atomic mass is 10.2. The van der Waals surface area contributed by atoms with E-state index in [-0.39, 0.29) is 23.8 Å². The van der Waals surface area contributed by atoms with E-state index in [1.807, 2.05) is 0 Å². The van der Waals surface area contributed by atoms with Crippen LogP contribution in [0.25, 0.3) is 0 Å². The topological polar surface area (TPSA) is 82.5 Å². The van der Waals surface area contributed by atoms with E-state index in [1.54, 1.807) is 19.1 Å². The molecule has 0 unspecified atom stereocenters. The highest BCUT2D eigenvalue weighted by Crippen LogP contribution is 2.20. The lowest BCUT2D eigenvalue weighted by molar-refractivity contribution is -0.170. The third-order valence-corrected chi connectivity index (χ3v) is 2.21. The lowest BCUT2D eigenvalue weighted by Gasteiger charge is -2.06. The van der Waals surface area contributed by atoms with E-state index in [0.29, 0.717) is 0 Å². The normalized spacial score (nSPS) is 10.8. The molecule has 1 aromatic rings. The summed E-state index contributed by atoms with van der Waals surface area (Å²) in [5.74, 6) is -2.19. The third-order valence-electron chi connectivity index (χ3n) is 2.21. The first kappa shape index (κ1) is 13.7. The van der Waals surface area contributed by atoms with Gasteiger partial charge in [-0.2, -0.15) is 23.7 Å². The number of carbonyl (C=O) groups excluding carboxylic acids is 1. The van der Waals surface area contributed by atoms with E-state index >= 15 is 0 Å². The SMILES string of the molecule is CCn1c(CC(=O)C(F)(F)F)nc(C#N)c1C#N. The molecular weight excluding hydrogens is 249 g/mol. The summed E-state index contributed by atoms with van der Waals surface area (Å²) in [6.45, 7) is 1.73. The zero-order chi connectivity index (χ0) is 13.9. The third kappa shape index (κ3) is 2.48.